The number of benzene rings is 3. The average molecular weight is 502 g/mol. The number of Topliss-reactive ketones (excluding diaryl/α,β-unsaturated/α-hetero) is 1. The topological polar surface area (TPSA) is 94.5 Å². The molecule has 5 rings (SSSR count). The lowest BCUT2D eigenvalue weighted by Crippen LogP contribution is -2.29. The van der Waals surface area contributed by atoms with Gasteiger partial charge in [0.15, 0.2) is 23.0 Å². The molecule has 8 nitrogen and oxygen atoms in total. The van der Waals surface area contributed by atoms with Gasteiger partial charge in [-0.3, -0.25) is 14.5 Å². The minimum absolute atomic E-state index is 0.0327. The molecule has 0 saturated carbocycles. The van der Waals surface area contributed by atoms with Crippen LogP contribution in [0.1, 0.15) is 35.2 Å². The number of carbonyl (C=O) groups is 2. The Morgan fingerprint density at radius 2 is 1.76 bits per heavy atom. The van der Waals surface area contributed by atoms with Gasteiger partial charge in [-0.25, -0.2) is 0 Å². The molecule has 190 valence electrons. The van der Waals surface area contributed by atoms with Crippen LogP contribution in [0.25, 0.3) is 5.76 Å². The maximum Gasteiger partial charge on any atom is 0.300 e. The average Bonchev–Trinajstić information content (AvgIpc) is 3.47. The summed E-state index contributed by atoms with van der Waals surface area (Å²) < 4.78 is 22.0. The summed E-state index contributed by atoms with van der Waals surface area (Å²) >= 11 is 0. The third-order valence-electron chi connectivity index (χ3n) is 6.66. The minimum atomic E-state index is -0.905. The molecule has 3 aromatic rings. The molecule has 2 aliphatic heterocycles. The van der Waals surface area contributed by atoms with Gasteiger partial charge in [-0.1, -0.05) is 12.1 Å². The van der Waals surface area contributed by atoms with Crippen LogP contribution in [0, 0.1) is 13.8 Å². The second-order valence-corrected chi connectivity index (χ2v) is 8.85. The fraction of sp³-hybridized carbons (Fsp3) is 0.241. The number of ketones is 1. The van der Waals surface area contributed by atoms with Crippen molar-refractivity contribution in [3.63, 3.8) is 0 Å². The molecule has 2 aliphatic rings. The van der Waals surface area contributed by atoms with E-state index >= 15 is 0 Å². The standard InChI is InChI=1S/C29H27NO7/c1-5-35-23-13-18(7-10-21(23)34-4)26-25(27(31)19-8-11-22-24(14-19)37-15-36-22)28(32)29(33)30(26)20-9-6-16(2)17(3)12-20/h6-14,26,31H,5,15H2,1-4H3/b27-25+. The molecule has 1 unspecified atom stereocenters. The van der Waals surface area contributed by atoms with Gasteiger partial charge in [-0.15, -0.1) is 0 Å². The van der Waals surface area contributed by atoms with E-state index in [0.717, 1.165) is 11.1 Å². The van der Waals surface area contributed by atoms with E-state index in [4.69, 9.17) is 18.9 Å². The number of aryl methyl sites for hydroxylation is 2. The Kier molecular flexibility index (Phi) is 6.25. The van der Waals surface area contributed by atoms with E-state index in [9.17, 15) is 14.7 Å². The van der Waals surface area contributed by atoms with Gasteiger partial charge in [0.25, 0.3) is 11.7 Å². The number of fused-ring (bicyclic) bond motifs is 1. The number of ether oxygens (including phenoxy) is 4. The summed E-state index contributed by atoms with van der Waals surface area (Å²) in [5, 5.41) is 11.4. The van der Waals surface area contributed by atoms with E-state index in [0.29, 0.717) is 46.4 Å². The van der Waals surface area contributed by atoms with Gasteiger partial charge < -0.3 is 24.1 Å². The van der Waals surface area contributed by atoms with Crippen LogP contribution in [0.2, 0.25) is 0 Å². The molecule has 0 aliphatic carbocycles. The third-order valence-corrected chi connectivity index (χ3v) is 6.66. The van der Waals surface area contributed by atoms with Gasteiger partial charge in [0.05, 0.1) is 25.3 Å². The number of carbonyl (C=O) groups excluding carboxylic acids is 2. The number of methoxy groups -OCH3 is 1. The predicted octanol–water partition coefficient (Wildman–Crippen LogP) is 5.07. The van der Waals surface area contributed by atoms with Gasteiger partial charge >= 0.3 is 0 Å². The van der Waals surface area contributed by atoms with Crippen molar-refractivity contribution in [1.29, 1.82) is 0 Å². The van der Waals surface area contributed by atoms with Crippen LogP contribution in [0.3, 0.4) is 0 Å². The van der Waals surface area contributed by atoms with Crippen molar-refractivity contribution in [2.24, 2.45) is 0 Å². The number of hydrogen-bond acceptors (Lipinski definition) is 7. The molecule has 3 aromatic carbocycles. The van der Waals surface area contributed by atoms with Crippen LogP contribution < -0.4 is 23.8 Å². The molecule has 0 bridgehead atoms. The fourth-order valence-corrected chi connectivity index (χ4v) is 4.62. The first kappa shape index (κ1) is 24.2. The Hall–Kier alpha value is -4.46. The SMILES string of the molecule is CCOc1cc(C2/C(=C(\O)c3ccc4c(c3)OCO4)C(=O)C(=O)N2c2ccc(C)c(C)c2)ccc1OC. The van der Waals surface area contributed by atoms with E-state index in [1.165, 1.54) is 4.90 Å². The maximum atomic E-state index is 13.5. The highest BCUT2D eigenvalue weighted by molar-refractivity contribution is 6.51. The van der Waals surface area contributed by atoms with Crippen LogP contribution in [0.15, 0.2) is 60.2 Å². The lowest BCUT2D eigenvalue weighted by Gasteiger charge is -2.26. The zero-order valence-corrected chi connectivity index (χ0v) is 21.0. The second-order valence-electron chi connectivity index (χ2n) is 8.85. The summed E-state index contributed by atoms with van der Waals surface area (Å²) in [6.07, 6.45) is 0. The van der Waals surface area contributed by atoms with Gasteiger partial charge in [0.2, 0.25) is 6.79 Å². The quantitative estimate of drug-likeness (QED) is 0.286. The number of aliphatic hydroxyl groups is 1. The van der Waals surface area contributed by atoms with Gasteiger partial charge in [0.1, 0.15) is 5.76 Å². The molecule has 0 aromatic heterocycles. The maximum absolute atomic E-state index is 13.5. The molecule has 1 amide bonds. The summed E-state index contributed by atoms with van der Waals surface area (Å²) in [6, 6.07) is 14.8. The van der Waals surface area contributed by atoms with Gasteiger partial charge in [0, 0.05) is 11.3 Å². The lowest BCUT2D eigenvalue weighted by atomic mass is 9.94. The first-order chi connectivity index (χ1) is 17.8. The van der Waals surface area contributed by atoms with Crippen LogP contribution in [0.4, 0.5) is 5.69 Å². The molecule has 1 saturated heterocycles. The number of amides is 1. The van der Waals surface area contributed by atoms with Gasteiger partial charge in [-0.05, 0) is 79.9 Å². The molecule has 1 atom stereocenters. The molecular weight excluding hydrogens is 474 g/mol. The molecule has 0 radical (unpaired) electrons. The molecule has 8 heteroatoms. The summed E-state index contributed by atoms with van der Waals surface area (Å²) in [5.74, 6) is 0.159. The fourth-order valence-electron chi connectivity index (χ4n) is 4.62. The Bertz CT molecular complexity index is 1440. The Balaban J connectivity index is 1.72. The van der Waals surface area contributed by atoms with Crippen LogP contribution >= 0.6 is 0 Å². The van der Waals surface area contributed by atoms with E-state index in [1.54, 1.807) is 49.6 Å². The zero-order chi connectivity index (χ0) is 26.3. The highest BCUT2D eigenvalue weighted by Crippen LogP contribution is 2.45. The highest BCUT2D eigenvalue weighted by Gasteiger charge is 2.47. The summed E-state index contributed by atoms with van der Waals surface area (Å²) in [6.45, 7) is 6.24. The number of hydrogen-bond donors (Lipinski definition) is 1. The van der Waals surface area contributed by atoms with E-state index < -0.39 is 17.7 Å². The van der Waals surface area contributed by atoms with Crippen molar-refractivity contribution in [3.05, 3.63) is 82.4 Å². The smallest absolute Gasteiger partial charge is 0.300 e. The normalized spacial score (nSPS) is 17.8. The molecular formula is C29H27NO7. The van der Waals surface area contributed by atoms with E-state index in [1.807, 2.05) is 32.9 Å². The van der Waals surface area contributed by atoms with Crippen LogP contribution in [-0.2, 0) is 9.59 Å². The Morgan fingerprint density at radius 1 is 0.973 bits per heavy atom. The zero-order valence-electron chi connectivity index (χ0n) is 21.0. The van der Waals surface area contributed by atoms with Crippen molar-refractivity contribution in [1.82, 2.24) is 0 Å². The van der Waals surface area contributed by atoms with Crippen molar-refractivity contribution in [3.8, 4) is 23.0 Å². The van der Waals surface area contributed by atoms with Crippen molar-refractivity contribution in [2.45, 2.75) is 26.8 Å². The van der Waals surface area contributed by atoms with E-state index in [-0.39, 0.29) is 18.1 Å². The Morgan fingerprint density at radius 3 is 2.49 bits per heavy atom. The number of aliphatic hydroxyl groups excluding tert-OH is 1. The van der Waals surface area contributed by atoms with Gasteiger partial charge in [-0.2, -0.15) is 0 Å². The number of nitrogens with zero attached hydrogens (tertiary/aromatic N) is 1. The predicted molar refractivity (Wildman–Crippen MR) is 137 cm³/mol. The van der Waals surface area contributed by atoms with Crippen LogP contribution in [-0.4, -0.2) is 37.3 Å². The van der Waals surface area contributed by atoms with Crippen molar-refractivity contribution >= 4 is 23.1 Å². The van der Waals surface area contributed by atoms with Crippen LogP contribution in [0.5, 0.6) is 23.0 Å². The third kappa shape index (κ3) is 4.14. The molecule has 1 fully saturated rings. The first-order valence-electron chi connectivity index (χ1n) is 11.9. The van der Waals surface area contributed by atoms with Crippen molar-refractivity contribution in [2.75, 3.05) is 25.4 Å². The van der Waals surface area contributed by atoms with E-state index in [2.05, 4.69) is 0 Å². The summed E-state index contributed by atoms with van der Waals surface area (Å²) in [5.41, 5.74) is 3.47. The molecule has 0 spiro atoms. The lowest BCUT2D eigenvalue weighted by molar-refractivity contribution is -0.132. The molecule has 37 heavy (non-hydrogen) atoms. The molecule has 1 N–H and O–H groups in total. The molecule has 2 heterocycles. The summed E-state index contributed by atoms with van der Waals surface area (Å²) in [7, 11) is 1.54. The van der Waals surface area contributed by atoms with Crippen molar-refractivity contribution < 1.29 is 33.6 Å². The summed E-state index contributed by atoms with van der Waals surface area (Å²) in [4.78, 5) is 28.4. The number of rotatable bonds is 6. The Labute approximate surface area is 214 Å². The number of anilines is 1. The first-order valence-corrected chi connectivity index (χ1v) is 11.9. The minimum Gasteiger partial charge on any atom is -0.507 e. The largest absolute Gasteiger partial charge is 0.507 e. The highest BCUT2D eigenvalue weighted by atomic mass is 16.7. The second kappa shape index (κ2) is 9.54. The monoisotopic (exact) mass is 501 g/mol.